The normalized spacial score (nSPS) is 11.5. The third-order valence-corrected chi connectivity index (χ3v) is 3.09. The van der Waals surface area contributed by atoms with Crippen LogP contribution in [0.5, 0.6) is 0 Å². The van der Waals surface area contributed by atoms with Gasteiger partial charge in [-0.3, -0.25) is 9.59 Å². The SMILES string of the molecule is CCOC(=O)Cc1ccc(C#N)cc1C(Cl)C(C)=O. The van der Waals surface area contributed by atoms with Crippen LogP contribution in [0.4, 0.5) is 0 Å². The third kappa shape index (κ3) is 4.08. The van der Waals surface area contributed by atoms with Crippen molar-refractivity contribution in [2.24, 2.45) is 0 Å². The molecule has 0 saturated carbocycles. The summed E-state index contributed by atoms with van der Waals surface area (Å²) < 4.78 is 4.87. The number of hydrogen-bond donors (Lipinski definition) is 0. The fraction of sp³-hybridized carbons (Fsp3) is 0.357. The number of ketones is 1. The van der Waals surface area contributed by atoms with Gasteiger partial charge < -0.3 is 4.74 Å². The molecule has 4 nitrogen and oxygen atoms in total. The molecular weight excluding hydrogens is 266 g/mol. The molecule has 0 saturated heterocycles. The fourth-order valence-corrected chi connectivity index (χ4v) is 1.85. The summed E-state index contributed by atoms with van der Waals surface area (Å²) in [7, 11) is 0. The molecule has 100 valence electrons. The van der Waals surface area contributed by atoms with E-state index >= 15 is 0 Å². The molecule has 0 fully saturated rings. The van der Waals surface area contributed by atoms with Crippen LogP contribution < -0.4 is 0 Å². The number of benzene rings is 1. The number of nitriles is 1. The molecule has 0 spiro atoms. The molecule has 0 heterocycles. The molecule has 0 N–H and O–H groups in total. The molecule has 0 aliphatic heterocycles. The van der Waals surface area contributed by atoms with Gasteiger partial charge in [0.1, 0.15) is 5.38 Å². The first-order valence-electron chi connectivity index (χ1n) is 5.82. The van der Waals surface area contributed by atoms with E-state index in [1.807, 2.05) is 6.07 Å². The molecule has 0 aliphatic carbocycles. The number of halogens is 1. The predicted octanol–water partition coefficient (Wildman–Crippen LogP) is 2.53. The molecule has 1 unspecified atom stereocenters. The quantitative estimate of drug-likeness (QED) is 0.613. The number of nitrogens with zero attached hydrogens (tertiary/aromatic N) is 1. The Kier molecular flexibility index (Phi) is 5.53. The zero-order chi connectivity index (χ0) is 14.4. The van der Waals surface area contributed by atoms with E-state index in [1.165, 1.54) is 13.0 Å². The summed E-state index contributed by atoms with van der Waals surface area (Å²) in [6.45, 7) is 3.38. The van der Waals surface area contributed by atoms with Crippen molar-refractivity contribution in [3.63, 3.8) is 0 Å². The Labute approximate surface area is 116 Å². The van der Waals surface area contributed by atoms with Crippen molar-refractivity contribution >= 4 is 23.4 Å². The summed E-state index contributed by atoms with van der Waals surface area (Å²) in [5, 5.41) is 8.01. The van der Waals surface area contributed by atoms with Crippen molar-refractivity contribution < 1.29 is 14.3 Å². The third-order valence-electron chi connectivity index (χ3n) is 2.55. The van der Waals surface area contributed by atoms with Crippen molar-refractivity contribution in [3.8, 4) is 6.07 Å². The summed E-state index contributed by atoms with van der Waals surface area (Å²) in [4.78, 5) is 22.9. The number of carbonyl (C=O) groups is 2. The Morgan fingerprint density at radius 1 is 1.47 bits per heavy atom. The van der Waals surface area contributed by atoms with E-state index in [1.54, 1.807) is 19.1 Å². The molecule has 5 heteroatoms. The molecule has 1 aromatic rings. The standard InChI is InChI=1S/C14H14ClNO3/c1-3-19-13(18)7-11-5-4-10(8-16)6-12(11)14(15)9(2)17/h4-6,14H,3,7H2,1-2H3. The fourth-order valence-electron chi connectivity index (χ4n) is 1.65. The maximum Gasteiger partial charge on any atom is 0.310 e. The zero-order valence-corrected chi connectivity index (χ0v) is 11.5. The minimum absolute atomic E-state index is 0.0331. The maximum absolute atomic E-state index is 11.5. The predicted molar refractivity (Wildman–Crippen MR) is 70.8 cm³/mol. The van der Waals surface area contributed by atoms with Gasteiger partial charge in [0.2, 0.25) is 0 Å². The highest BCUT2D eigenvalue weighted by Gasteiger charge is 2.19. The van der Waals surface area contributed by atoms with E-state index in [4.69, 9.17) is 21.6 Å². The number of ether oxygens (including phenoxy) is 1. The molecule has 1 aromatic carbocycles. The molecule has 0 radical (unpaired) electrons. The molecule has 0 aromatic heterocycles. The minimum atomic E-state index is -0.863. The Bertz CT molecular complexity index is 534. The molecule has 1 rings (SSSR count). The Balaban J connectivity index is 3.13. The molecule has 0 aliphatic rings. The lowest BCUT2D eigenvalue weighted by Gasteiger charge is -2.12. The average Bonchev–Trinajstić information content (AvgIpc) is 2.38. The number of Topliss-reactive ketones (excluding diaryl/α,β-unsaturated/α-hetero) is 1. The van der Waals surface area contributed by atoms with Gasteiger partial charge in [0.05, 0.1) is 24.7 Å². The van der Waals surface area contributed by atoms with E-state index in [0.717, 1.165) is 0 Å². The molecule has 0 bridgehead atoms. The van der Waals surface area contributed by atoms with E-state index < -0.39 is 5.38 Å². The van der Waals surface area contributed by atoms with Crippen molar-refractivity contribution in [1.82, 2.24) is 0 Å². The molecular formula is C14H14ClNO3. The van der Waals surface area contributed by atoms with E-state index in [-0.39, 0.29) is 18.2 Å². The van der Waals surface area contributed by atoms with Crippen molar-refractivity contribution in [2.45, 2.75) is 25.6 Å². The van der Waals surface area contributed by atoms with E-state index in [0.29, 0.717) is 23.3 Å². The van der Waals surface area contributed by atoms with Gasteiger partial charge in [-0.25, -0.2) is 0 Å². The highest BCUT2D eigenvalue weighted by atomic mass is 35.5. The van der Waals surface area contributed by atoms with Gasteiger partial charge in [0, 0.05) is 0 Å². The summed E-state index contributed by atoms with van der Waals surface area (Å²) in [6, 6.07) is 6.73. The Hall–Kier alpha value is -1.86. The highest BCUT2D eigenvalue weighted by Crippen LogP contribution is 2.26. The van der Waals surface area contributed by atoms with Crippen LogP contribution in [-0.2, 0) is 20.7 Å². The van der Waals surface area contributed by atoms with Gasteiger partial charge >= 0.3 is 5.97 Å². The van der Waals surface area contributed by atoms with Crippen LogP contribution >= 0.6 is 11.6 Å². The van der Waals surface area contributed by atoms with Crippen LogP contribution in [0.15, 0.2) is 18.2 Å². The lowest BCUT2D eigenvalue weighted by Crippen LogP contribution is -2.12. The van der Waals surface area contributed by atoms with Crippen LogP contribution in [0, 0.1) is 11.3 Å². The van der Waals surface area contributed by atoms with Crippen molar-refractivity contribution in [2.75, 3.05) is 6.61 Å². The summed E-state index contributed by atoms with van der Waals surface area (Å²) in [5.74, 6) is -0.622. The highest BCUT2D eigenvalue weighted by molar-refractivity contribution is 6.31. The van der Waals surface area contributed by atoms with Crippen molar-refractivity contribution in [3.05, 3.63) is 34.9 Å². The van der Waals surface area contributed by atoms with Gasteiger partial charge in [-0.2, -0.15) is 5.26 Å². The second-order valence-corrected chi connectivity index (χ2v) is 4.42. The first kappa shape index (κ1) is 15.2. The van der Waals surface area contributed by atoms with Crippen molar-refractivity contribution in [1.29, 1.82) is 5.26 Å². The topological polar surface area (TPSA) is 67.2 Å². The van der Waals surface area contributed by atoms with E-state index in [2.05, 4.69) is 0 Å². The Morgan fingerprint density at radius 2 is 2.16 bits per heavy atom. The van der Waals surface area contributed by atoms with Crippen LogP contribution in [0.25, 0.3) is 0 Å². The lowest BCUT2D eigenvalue weighted by molar-refractivity contribution is -0.142. The summed E-state index contributed by atoms with van der Waals surface area (Å²) in [5.41, 5.74) is 1.49. The number of rotatable bonds is 5. The van der Waals surface area contributed by atoms with Crippen LogP contribution in [0.3, 0.4) is 0 Å². The second kappa shape index (κ2) is 6.91. The van der Waals surface area contributed by atoms with Gasteiger partial charge in [-0.15, -0.1) is 11.6 Å². The van der Waals surface area contributed by atoms with Crippen LogP contribution in [-0.4, -0.2) is 18.4 Å². The van der Waals surface area contributed by atoms with Crippen LogP contribution in [0.2, 0.25) is 0 Å². The van der Waals surface area contributed by atoms with E-state index in [9.17, 15) is 9.59 Å². The van der Waals surface area contributed by atoms with Gasteiger partial charge in [0.15, 0.2) is 5.78 Å². The monoisotopic (exact) mass is 279 g/mol. The zero-order valence-electron chi connectivity index (χ0n) is 10.8. The first-order valence-corrected chi connectivity index (χ1v) is 6.26. The van der Waals surface area contributed by atoms with Gasteiger partial charge in [0.25, 0.3) is 0 Å². The molecule has 1 atom stereocenters. The first-order chi connectivity index (χ1) is 8.99. The van der Waals surface area contributed by atoms with Gasteiger partial charge in [-0.1, -0.05) is 6.07 Å². The smallest absolute Gasteiger partial charge is 0.310 e. The Morgan fingerprint density at radius 3 is 2.68 bits per heavy atom. The summed E-state index contributed by atoms with van der Waals surface area (Å²) in [6.07, 6.45) is 0.0331. The minimum Gasteiger partial charge on any atom is -0.466 e. The molecule has 19 heavy (non-hydrogen) atoms. The van der Waals surface area contributed by atoms with Gasteiger partial charge in [-0.05, 0) is 37.1 Å². The maximum atomic E-state index is 11.5. The summed E-state index contributed by atoms with van der Waals surface area (Å²) >= 11 is 6.02. The average molecular weight is 280 g/mol. The number of esters is 1. The number of hydrogen-bond acceptors (Lipinski definition) is 4. The number of alkyl halides is 1. The molecule has 0 amide bonds. The second-order valence-electron chi connectivity index (χ2n) is 3.98. The largest absolute Gasteiger partial charge is 0.466 e. The lowest BCUT2D eigenvalue weighted by atomic mass is 9.97. The number of carbonyl (C=O) groups excluding carboxylic acids is 2. The van der Waals surface area contributed by atoms with Crippen LogP contribution in [0.1, 0.15) is 35.9 Å².